The van der Waals surface area contributed by atoms with Gasteiger partial charge in [-0.2, -0.15) is 0 Å². The SMILES string of the molecule is C=C(F)C(=O)N(CC)CC1COc2ccccc2O1. The molecule has 4 nitrogen and oxygen atoms in total. The first-order valence-corrected chi connectivity index (χ1v) is 6.14. The number of hydrogen-bond acceptors (Lipinski definition) is 3. The van der Waals surface area contributed by atoms with E-state index in [1.807, 2.05) is 18.2 Å². The molecule has 2 rings (SSSR count). The topological polar surface area (TPSA) is 38.8 Å². The minimum atomic E-state index is -0.959. The Balaban J connectivity index is 2.01. The normalized spacial score (nSPS) is 16.8. The molecule has 102 valence electrons. The third kappa shape index (κ3) is 3.05. The Labute approximate surface area is 111 Å². The first-order chi connectivity index (χ1) is 9.11. The summed E-state index contributed by atoms with van der Waals surface area (Å²) in [5, 5.41) is 0. The van der Waals surface area contributed by atoms with Gasteiger partial charge >= 0.3 is 0 Å². The molecule has 1 aromatic carbocycles. The molecule has 1 atom stereocenters. The van der Waals surface area contributed by atoms with Crippen LogP contribution in [0, 0.1) is 0 Å². The molecule has 1 aromatic rings. The molecule has 1 aliphatic heterocycles. The molecule has 0 spiro atoms. The Hall–Kier alpha value is -2.04. The van der Waals surface area contributed by atoms with E-state index in [0.717, 1.165) is 0 Å². The molecular formula is C14H16FNO3. The van der Waals surface area contributed by atoms with Crippen LogP contribution >= 0.6 is 0 Å². The van der Waals surface area contributed by atoms with E-state index in [4.69, 9.17) is 9.47 Å². The fraction of sp³-hybridized carbons (Fsp3) is 0.357. The van der Waals surface area contributed by atoms with E-state index in [0.29, 0.717) is 24.7 Å². The van der Waals surface area contributed by atoms with Crippen LogP contribution < -0.4 is 9.47 Å². The highest BCUT2D eigenvalue weighted by molar-refractivity contribution is 5.90. The molecule has 0 fully saturated rings. The van der Waals surface area contributed by atoms with Crippen molar-refractivity contribution in [1.29, 1.82) is 0 Å². The molecule has 0 radical (unpaired) electrons. The first-order valence-electron chi connectivity index (χ1n) is 6.14. The molecule has 1 heterocycles. The fourth-order valence-electron chi connectivity index (χ4n) is 1.93. The second-order valence-electron chi connectivity index (χ2n) is 4.25. The van der Waals surface area contributed by atoms with Gasteiger partial charge in [-0.25, -0.2) is 4.39 Å². The summed E-state index contributed by atoms with van der Waals surface area (Å²) in [6.07, 6.45) is -0.307. The summed E-state index contributed by atoms with van der Waals surface area (Å²) < 4.78 is 24.1. The molecule has 0 saturated carbocycles. The summed E-state index contributed by atoms with van der Waals surface area (Å²) in [5.74, 6) is -0.340. The smallest absolute Gasteiger partial charge is 0.282 e. The van der Waals surface area contributed by atoms with E-state index in [1.54, 1.807) is 13.0 Å². The quantitative estimate of drug-likeness (QED) is 0.783. The zero-order valence-corrected chi connectivity index (χ0v) is 10.8. The molecule has 0 saturated heterocycles. The predicted molar refractivity (Wildman–Crippen MR) is 68.9 cm³/mol. The van der Waals surface area contributed by atoms with Crippen LogP contribution in [-0.2, 0) is 4.79 Å². The van der Waals surface area contributed by atoms with E-state index in [1.165, 1.54) is 4.90 Å². The zero-order valence-electron chi connectivity index (χ0n) is 10.8. The van der Waals surface area contributed by atoms with E-state index in [-0.39, 0.29) is 12.6 Å². The van der Waals surface area contributed by atoms with Crippen molar-refractivity contribution in [3.05, 3.63) is 36.7 Å². The number of hydrogen-bond donors (Lipinski definition) is 0. The van der Waals surface area contributed by atoms with E-state index >= 15 is 0 Å². The van der Waals surface area contributed by atoms with Crippen LogP contribution in [0.25, 0.3) is 0 Å². The van der Waals surface area contributed by atoms with Crippen molar-refractivity contribution in [2.24, 2.45) is 0 Å². The number of carbonyl (C=O) groups is 1. The van der Waals surface area contributed by atoms with Crippen molar-refractivity contribution in [3.63, 3.8) is 0 Å². The number of ether oxygens (including phenoxy) is 2. The molecule has 0 N–H and O–H groups in total. The lowest BCUT2D eigenvalue weighted by Crippen LogP contribution is -2.43. The van der Waals surface area contributed by atoms with Crippen LogP contribution in [0.5, 0.6) is 11.5 Å². The van der Waals surface area contributed by atoms with Crippen molar-refractivity contribution >= 4 is 5.91 Å². The standard InChI is InChI=1S/C14H16FNO3/c1-3-16(14(17)10(2)15)8-11-9-18-12-6-4-5-7-13(12)19-11/h4-7,11H,2-3,8-9H2,1H3. The van der Waals surface area contributed by atoms with Crippen molar-refractivity contribution < 1.29 is 18.7 Å². The Morgan fingerprint density at radius 3 is 2.79 bits per heavy atom. The lowest BCUT2D eigenvalue weighted by Gasteiger charge is -2.30. The predicted octanol–water partition coefficient (Wildman–Crippen LogP) is 2.16. The first kappa shape index (κ1) is 13.4. The van der Waals surface area contributed by atoms with Crippen molar-refractivity contribution in [3.8, 4) is 11.5 Å². The van der Waals surface area contributed by atoms with E-state index in [9.17, 15) is 9.18 Å². The van der Waals surface area contributed by atoms with Crippen LogP contribution in [-0.4, -0.2) is 36.6 Å². The van der Waals surface area contributed by atoms with E-state index in [2.05, 4.69) is 6.58 Å². The van der Waals surface area contributed by atoms with Gasteiger partial charge in [0.1, 0.15) is 6.61 Å². The second kappa shape index (κ2) is 5.73. The average molecular weight is 265 g/mol. The fourth-order valence-corrected chi connectivity index (χ4v) is 1.93. The number of rotatable bonds is 4. The maximum atomic E-state index is 12.9. The van der Waals surface area contributed by atoms with Gasteiger partial charge in [0.15, 0.2) is 23.4 Å². The molecule has 1 unspecified atom stereocenters. The van der Waals surface area contributed by atoms with E-state index < -0.39 is 11.7 Å². The Bertz CT molecular complexity index is 489. The lowest BCUT2D eigenvalue weighted by atomic mass is 10.2. The summed E-state index contributed by atoms with van der Waals surface area (Å²) in [7, 11) is 0. The number of likely N-dealkylation sites (N-methyl/N-ethyl adjacent to an activating group) is 1. The Morgan fingerprint density at radius 2 is 2.16 bits per heavy atom. The van der Waals surface area contributed by atoms with Crippen LogP contribution in [0.1, 0.15) is 6.92 Å². The van der Waals surface area contributed by atoms with Crippen LogP contribution in [0.4, 0.5) is 4.39 Å². The Morgan fingerprint density at radius 1 is 1.47 bits per heavy atom. The van der Waals surface area contributed by atoms with Crippen molar-refractivity contribution in [2.45, 2.75) is 13.0 Å². The van der Waals surface area contributed by atoms with Gasteiger partial charge < -0.3 is 14.4 Å². The third-order valence-corrected chi connectivity index (χ3v) is 2.89. The Kier molecular flexibility index (Phi) is 4.04. The summed E-state index contributed by atoms with van der Waals surface area (Å²) >= 11 is 0. The van der Waals surface area contributed by atoms with Crippen LogP contribution in [0.2, 0.25) is 0 Å². The second-order valence-corrected chi connectivity index (χ2v) is 4.25. The van der Waals surface area contributed by atoms with Crippen LogP contribution in [0.15, 0.2) is 36.7 Å². The van der Waals surface area contributed by atoms with Gasteiger partial charge in [-0.1, -0.05) is 18.7 Å². The minimum Gasteiger partial charge on any atom is -0.486 e. The summed E-state index contributed by atoms with van der Waals surface area (Å²) in [6, 6.07) is 7.32. The van der Waals surface area contributed by atoms with Gasteiger partial charge in [0.2, 0.25) is 0 Å². The minimum absolute atomic E-state index is 0.270. The number of carbonyl (C=O) groups excluding carboxylic acids is 1. The van der Waals surface area contributed by atoms with Gasteiger partial charge in [-0.15, -0.1) is 0 Å². The largest absolute Gasteiger partial charge is 0.486 e. The molecule has 0 aliphatic carbocycles. The molecule has 0 bridgehead atoms. The summed E-state index contributed by atoms with van der Waals surface area (Å²) in [5.41, 5.74) is 0. The van der Waals surface area contributed by atoms with Gasteiger partial charge in [0.05, 0.1) is 6.54 Å². The van der Waals surface area contributed by atoms with Gasteiger partial charge in [0.25, 0.3) is 5.91 Å². The zero-order chi connectivity index (χ0) is 13.8. The highest BCUT2D eigenvalue weighted by Gasteiger charge is 2.25. The number of halogens is 1. The number of amides is 1. The molecular weight excluding hydrogens is 249 g/mol. The molecule has 0 aromatic heterocycles. The number of fused-ring (bicyclic) bond motifs is 1. The molecule has 1 amide bonds. The highest BCUT2D eigenvalue weighted by Crippen LogP contribution is 2.31. The monoisotopic (exact) mass is 265 g/mol. The number of nitrogens with zero attached hydrogens (tertiary/aromatic N) is 1. The van der Waals surface area contributed by atoms with Crippen molar-refractivity contribution in [1.82, 2.24) is 4.90 Å². The highest BCUT2D eigenvalue weighted by atomic mass is 19.1. The molecule has 5 heteroatoms. The molecule has 19 heavy (non-hydrogen) atoms. The van der Waals surface area contributed by atoms with Gasteiger partial charge in [-0.05, 0) is 19.1 Å². The van der Waals surface area contributed by atoms with Crippen molar-refractivity contribution in [2.75, 3.05) is 19.7 Å². The maximum Gasteiger partial charge on any atom is 0.282 e. The van der Waals surface area contributed by atoms with Gasteiger partial charge in [-0.3, -0.25) is 4.79 Å². The number of para-hydroxylation sites is 2. The maximum absolute atomic E-state index is 12.9. The average Bonchev–Trinajstić information content (AvgIpc) is 2.43. The van der Waals surface area contributed by atoms with Crippen LogP contribution in [0.3, 0.4) is 0 Å². The number of benzene rings is 1. The summed E-state index contributed by atoms with van der Waals surface area (Å²) in [6.45, 7) is 5.79. The lowest BCUT2D eigenvalue weighted by molar-refractivity contribution is -0.130. The van der Waals surface area contributed by atoms with Gasteiger partial charge in [0, 0.05) is 6.54 Å². The third-order valence-electron chi connectivity index (χ3n) is 2.89. The molecule has 1 aliphatic rings. The summed E-state index contributed by atoms with van der Waals surface area (Å²) in [4.78, 5) is 12.9.